The van der Waals surface area contributed by atoms with Crippen LogP contribution in [0.3, 0.4) is 0 Å². The maximum atomic E-state index is 2.36. The Labute approximate surface area is 85.1 Å². The minimum absolute atomic E-state index is 0.446. The summed E-state index contributed by atoms with van der Waals surface area (Å²) in [5, 5.41) is 0. The smallest absolute Gasteiger partial charge is 0.0337 e. The van der Waals surface area contributed by atoms with E-state index < -0.39 is 0 Å². The molecule has 0 rings (SSSR count). The van der Waals surface area contributed by atoms with E-state index in [4.69, 9.17) is 0 Å². The van der Waals surface area contributed by atoms with Gasteiger partial charge >= 0.3 is 0 Å². The summed E-state index contributed by atoms with van der Waals surface area (Å²) >= 11 is 0. The summed E-state index contributed by atoms with van der Waals surface area (Å²) < 4.78 is 0. The molecule has 1 atom stereocenters. The van der Waals surface area contributed by atoms with Crippen molar-refractivity contribution in [1.29, 1.82) is 0 Å². The van der Waals surface area contributed by atoms with Crippen LogP contribution in [0.1, 0.15) is 61.8 Å². The van der Waals surface area contributed by atoms with E-state index in [2.05, 4.69) is 55.4 Å². The molecule has 0 saturated carbocycles. The van der Waals surface area contributed by atoms with Crippen molar-refractivity contribution >= 4 is 0 Å². The lowest BCUT2D eigenvalue weighted by molar-refractivity contribution is 0.119. The Hall–Kier alpha value is 0. The van der Waals surface area contributed by atoms with E-state index in [9.17, 15) is 0 Å². The maximum Gasteiger partial charge on any atom is -0.0337 e. The molecular formula is C13H28. The first kappa shape index (κ1) is 13.0. The van der Waals surface area contributed by atoms with Gasteiger partial charge in [-0.2, -0.15) is 0 Å². The SMILES string of the molecule is CC(C)C(CC(C)(C)C)C(C)(C)C. The molecule has 0 heteroatoms. The van der Waals surface area contributed by atoms with Crippen molar-refractivity contribution in [3.05, 3.63) is 0 Å². The third-order valence-corrected chi connectivity index (χ3v) is 2.75. The molecule has 80 valence electrons. The molecule has 13 heavy (non-hydrogen) atoms. The second-order valence-corrected chi connectivity index (χ2v) is 6.98. The van der Waals surface area contributed by atoms with Gasteiger partial charge in [-0.15, -0.1) is 0 Å². The van der Waals surface area contributed by atoms with Crippen LogP contribution >= 0.6 is 0 Å². The highest BCUT2D eigenvalue weighted by molar-refractivity contribution is 4.80. The van der Waals surface area contributed by atoms with Gasteiger partial charge in [0.2, 0.25) is 0 Å². The van der Waals surface area contributed by atoms with Crippen molar-refractivity contribution in [2.24, 2.45) is 22.7 Å². The molecular weight excluding hydrogens is 156 g/mol. The van der Waals surface area contributed by atoms with Crippen LogP contribution < -0.4 is 0 Å². The second-order valence-electron chi connectivity index (χ2n) is 6.98. The van der Waals surface area contributed by atoms with E-state index in [-0.39, 0.29) is 0 Å². The monoisotopic (exact) mass is 184 g/mol. The summed E-state index contributed by atoms with van der Waals surface area (Å²) in [5.41, 5.74) is 0.906. The summed E-state index contributed by atoms with van der Waals surface area (Å²) in [6.45, 7) is 18.8. The largest absolute Gasteiger partial charge is 0.0625 e. The predicted octanol–water partition coefficient (Wildman–Crippen LogP) is 4.74. The third-order valence-electron chi connectivity index (χ3n) is 2.75. The van der Waals surface area contributed by atoms with Gasteiger partial charge in [-0.25, -0.2) is 0 Å². The predicted molar refractivity (Wildman–Crippen MR) is 61.9 cm³/mol. The van der Waals surface area contributed by atoms with E-state index in [1.165, 1.54) is 6.42 Å². The Bertz CT molecular complexity index is 140. The van der Waals surface area contributed by atoms with Gasteiger partial charge in [0.05, 0.1) is 0 Å². The highest BCUT2D eigenvalue weighted by atomic mass is 14.4. The molecule has 0 aromatic carbocycles. The van der Waals surface area contributed by atoms with Crippen molar-refractivity contribution in [2.45, 2.75) is 61.8 Å². The standard InChI is InChI=1S/C13H28/c1-10(2)11(13(6,7)8)9-12(3,4)5/h10-11H,9H2,1-8H3. The van der Waals surface area contributed by atoms with Gasteiger partial charge < -0.3 is 0 Å². The van der Waals surface area contributed by atoms with E-state index in [1.807, 2.05) is 0 Å². The van der Waals surface area contributed by atoms with Crippen LogP contribution in [0.4, 0.5) is 0 Å². The third kappa shape index (κ3) is 5.33. The van der Waals surface area contributed by atoms with Crippen LogP contribution in [0.5, 0.6) is 0 Å². The van der Waals surface area contributed by atoms with Crippen LogP contribution in [0, 0.1) is 22.7 Å². The topological polar surface area (TPSA) is 0 Å². The molecule has 0 amide bonds. The Morgan fingerprint density at radius 2 is 1.23 bits per heavy atom. The van der Waals surface area contributed by atoms with Gasteiger partial charge in [0, 0.05) is 0 Å². The van der Waals surface area contributed by atoms with Crippen LogP contribution in [0.25, 0.3) is 0 Å². The van der Waals surface area contributed by atoms with Crippen molar-refractivity contribution in [2.75, 3.05) is 0 Å². The second kappa shape index (κ2) is 4.02. The molecule has 0 nitrogen and oxygen atoms in total. The molecule has 1 unspecified atom stereocenters. The van der Waals surface area contributed by atoms with Crippen LogP contribution in [0.2, 0.25) is 0 Å². The van der Waals surface area contributed by atoms with E-state index in [1.54, 1.807) is 0 Å². The average molecular weight is 184 g/mol. The van der Waals surface area contributed by atoms with Crippen LogP contribution in [-0.2, 0) is 0 Å². The number of rotatable bonds is 2. The van der Waals surface area contributed by atoms with Crippen molar-refractivity contribution in [1.82, 2.24) is 0 Å². The molecule has 0 N–H and O–H groups in total. The average Bonchev–Trinajstić information content (AvgIpc) is 1.77. The van der Waals surface area contributed by atoms with Crippen molar-refractivity contribution < 1.29 is 0 Å². The first-order valence-corrected chi connectivity index (χ1v) is 5.54. The van der Waals surface area contributed by atoms with Gasteiger partial charge in [-0.3, -0.25) is 0 Å². The summed E-state index contributed by atoms with van der Waals surface area (Å²) in [6, 6.07) is 0. The lowest BCUT2D eigenvalue weighted by atomic mass is 9.67. The fraction of sp³-hybridized carbons (Fsp3) is 1.00. The molecule has 0 aliphatic carbocycles. The van der Waals surface area contributed by atoms with Gasteiger partial charge in [-0.05, 0) is 29.1 Å². The fourth-order valence-electron chi connectivity index (χ4n) is 2.20. The Morgan fingerprint density at radius 3 is 1.31 bits per heavy atom. The number of hydrogen-bond acceptors (Lipinski definition) is 0. The molecule has 0 bridgehead atoms. The summed E-state index contributed by atoms with van der Waals surface area (Å²) in [7, 11) is 0. The molecule has 0 spiro atoms. The highest BCUT2D eigenvalue weighted by Gasteiger charge is 2.30. The van der Waals surface area contributed by atoms with Gasteiger partial charge in [0.25, 0.3) is 0 Å². The molecule has 0 heterocycles. The van der Waals surface area contributed by atoms with E-state index in [0.717, 1.165) is 11.8 Å². The molecule has 0 aliphatic rings. The lowest BCUT2D eigenvalue weighted by Crippen LogP contribution is -2.29. The summed E-state index contributed by atoms with van der Waals surface area (Å²) in [5.74, 6) is 1.62. The zero-order valence-corrected chi connectivity index (χ0v) is 10.9. The molecule has 0 saturated heterocycles. The Balaban J connectivity index is 4.47. The van der Waals surface area contributed by atoms with E-state index in [0.29, 0.717) is 10.8 Å². The molecule has 0 fully saturated rings. The molecule has 0 radical (unpaired) electrons. The normalized spacial score (nSPS) is 16.4. The fourth-order valence-corrected chi connectivity index (χ4v) is 2.20. The van der Waals surface area contributed by atoms with Crippen LogP contribution in [0.15, 0.2) is 0 Å². The zero-order chi connectivity index (χ0) is 10.9. The first-order valence-electron chi connectivity index (χ1n) is 5.54. The Morgan fingerprint density at radius 1 is 0.846 bits per heavy atom. The molecule has 0 aliphatic heterocycles. The van der Waals surface area contributed by atoms with Gasteiger partial charge in [-0.1, -0.05) is 55.4 Å². The summed E-state index contributed by atoms with van der Waals surface area (Å²) in [6.07, 6.45) is 1.33. The van der Waals surface area contributed by atoms with Crippen molar-refractivity contribution in [3.63, 3.8) is 0 Å². The molecule has 0 aromatic rings. The van der Waals surface area contributed by atoms with Crippen LogP contribution in [-0.4, -0.2) is 0 Å². The maximum absolute atomic E-state index is 2.36. The zero-order valence-electron chi connectivity index (χ0n) is 10.9. The molecule has 0 aromatic heterocycles. The minimum atomic E-state index is 0.446. The van der Waals surface area contributed by atoms with Gasteiger partial charge in [0.1, 0.15) is 0 Å². The quantitative estimate of drug-likeness (QED) is 0.581. The first-order chi connectivity index (χ1) is 5.54. The van der Waals surface area contributed by atoms with E-state index >= 15 is 0 Å². The highest BCUT2D eigenvalue weighted by Crippen LogP contribution is 2.40. The Kier molecular flexibility index (Phi) is 4.02. The summed E-state index contributed by atoms with van der Waals surface area (Å²) in [4.78, 5) is 0. The number of hydrogen-bond donors (Lipinski definition) is 0. The van der Waals surface area contributed by atoms with Crippen molar-refractivity contribution in [3.8, 4) is 0 Å². The van der Waals surface area contributed by atoms with Gasteiger partial charge in [0.15, 0.2) is 0 Å². The lowest BCUT2D eigenvalue weighted by Gasteiger charge is -2.38. The minimum Gasteiger partial charge on any atom is -0.0625 e.